The fourth-order valence-electron chi connectivity index (χ4n) is 3.58. The summed E-state index contributed by atoms with van der Waals surface area (Å²) in [5.41, 5.74) is 6.19. The zero-order chi connectivity index (χ0) is 13.3. The number of carbonyl (C=O) groups is 1. The first-order valence-corrected chi connectivity index (χ1v) is 7.52. The van der Waals surface area contributed by atoms with Crippen LogP contribution in [0.15, 0.2) is 0 Å². The number of likely N-dealkylation sites (tertiary alicyclic amines) is 1. The fourth-order valence-corrected chi connectivity index (χ4v) is 3.58. The molecule has 3 aliphatic rings. The molecule has 5 nitrogen and oxygen atoms in total. The molecule has 1 amide bonds. The minimum absolute atomic E-state index is 0.0860. The number of nitrogens with two attached hydrogens (primary N) is 1. The normalized spacial score (nSPS) is 29.0. The number of rotatable bonds is 2. The predicted molar refractivity (Wildman–Crippen MR) is 70.4 cm³/mol. The van der Waals surface area contributed by atoms with Gasteiger partial charge >= 0.3 is 0 Å². The average molecular weight is 268 g/mol. The molecule has 0 radical (unpaired) electrons. The number of amides is 1. The van der Waals surface area contributed by atoms with Crippen molar-refractivity contribution in [2.45, 2.75) is 50.4 Å². The van der Waals surface area contributed by atoms with Crippen LogP contribution in [0.5, 0.6) is 0 Å². The van der Waals surface area contributed by atoms with Crippen molar-refractivity contribution in [1.29, 1.82) is 0 Å². The van der Waals surface area contributed by atoms with E-state index in [9.17, 15) is 4.79 Å². The van der Waals surface area contributed by atoms with E-state index in [-0.39, 0.29) is 11.9 Å². The molecule has 1 atom stereocenters. The van der Waals surface area contributed by atoms with Crippen LogP contribution in [-0.4, -0.2) is 48.9 Å². The Hall–Kier alpha value is -0.650. The van der Waals surface area contributed by atoms with Crippen LogP contribution in [0.25, 0.3) is 0 Å². The van der Waals surface area contributed by atoms with Crippen LogP contribution < -0.4 is 5.73 Å². The zero-order valence-corrected chi connectivity index (χ0v) is 11.5. The Morgan fingerprint density at radius 2 is 1.89 bits per heavy atom. The summed E-state index contributed by atoms with van der Waals surface area (Å²) in [4.78, 5) is 14.3. The first-order chi connectivity index (χ1) is 9.20. The van der Waals surface area contributed by atoms with Crippen LogP contribution in [0.2, 0.25) is 0 Å². The van der Waals surface area contributed by atoms with Gasteiger partial charge in [-0.3, -0.25) is 4.79 Å². The summed E-state index contributed by atoms with van der Waals surface area (Å²) in [5, 5.41) is 0. The Kier molecular flexibility index (Phi) is 3.78. The molecular formula is C14H24N2O3. The van der Waals surface area contributed by atoms with Crippen LogP contribution in [-0.2, 0) is 14.3 Å². The second-order valence-electron chi connectivity index (χ2n) is 6.04. The first kappa shape index (κ1) is 13.3. The van der Waals surface area contributed by atoms with Gasteiger partial charge in [0.25, 0.3) is 0 Å². The lowest BCUT2D eigenvalue weighted by molar-refractivity contribution is -0.153. The minimum atomic E-state index is -0.526. The average Bonchev–Trinajstić information content (AvgIpc) is 3.09. The van der Waals surface area contributed by atoms with Gasteiger partial charge in [0.1, 0.15) is 0 Å². The van der Waals surface area contributed by atoms with E-state index in [1.807, 2.05) is 4.90 Å². The lowest BCUT2D eigenvalue weighted by Gasteiger charge is -2.30. The van der Waals surface area contributed by atoms with Crippen molar-refractivity contribution in [2.75, 3.05) is 26.3 Å². The van der Waals surface area contributed by atoms with Crippen LogP contribution in [0.1, 0.15) is 38.5 Å². The smallest absolute Gasteiger partial charge is 0.239 e. The molecule has 108 valence electrons. The Morgan fingerprint density at radius 1 is 1.21 bits per heavy atom. The number of nitrogens with zero attached hydrogens (tertiary/aromatic N) is 1. The van der Waals surface area contributed by atoms with E-state index in [4.69, 9.17) is 15.2 Å². The fraction of sp³-hybridized carbons (Fsp3) is 0.929. The third kappa shape index (κ3) is 2.64. The lowest BCUT2D eigenvalue weighted by Crippen LogP contribution is -2.48. The molecule has 0 aromatic heterocycles. The summed E-state index contributed by atoms with van der Waals surface area (Å²) < 4.78 is 11.3. The topological polar surface area (TPSA) is 64.8 Å². The van der Waals surface area contributed by atoms with Crippen molar-refractivity contribution in [2.24, 2.45) is 11.7 Å². The highest BCUT2D eigenvalue weighted by molar-refractivity contribution is 5.82. The maximum atomic E-state index is 12.5. The van der Waals surface area contributed by atoms with Crippen molar-refractivity contribution in [3.05, 3.63) is 0 Å². The molecule has 2 aliphatic heterocycles. The van der Waals surface area contributed by atoms with Gasteiger partial charge in [-0.25, -0.2) is 0 Å². The van der Waals surface area contributed by atoms with Crippen LogP contribution in [0.3, 0.4) is 0 Å². The van der Waals surface area contributed by atoms with E-state index < -0.39 is 5.79 Å². The molecule has 2 heterocycles. The SMILES string of the molecule is NC(C(=O)N1CCC2(C1)OCCO2)C1CCCCC1. The monoisotopic (exact) mass is 268 g/mol. The predicted octanol–water partition coefficient (Wildman–Crippen LogP) is 0.869. The summed E-state index contributed by atoms with van der Waals surface area (Å²) in [5.74, 6) is -0.0758. The maximum absolute atomic E-state index is 12.5. The quantitative estimate of drug-likeness (QED) is 0.807. The Bertz CT molecular complexity index is 336. The molecule has 1 unspecified atom stereocenters. The molecule has 1 saturated carbocycles. The maximum Gasteiger partial charge on any atom is 0.239 e. The van der Waals surface area contributed by atoms with Crippen molar-refractivity contribution in [3.63, 3.8) is 0 Å². The van der Waals surface area contributed by atoms with Gasteiger partial charge in [0, 0.05) is 13.0 Å². The first-order valence-electron chi connectivity index (χ1n) is 7.52. The van der Waals surface area contributed by atoms with E-state index in [0.717, 1.165) is 19.3 Å². The summed E-state index contributed by atoms with van der Waals surface area (Å²) in [6, 6.07) is -0.336. The van der Waals surface area contributed by atoms with E-state index in [1.165, 1.54) is 19.3 Å². The Balaban J connectivity index is 1.58. The van der Waals surface area contributed by atoms with Crippen molar-refractivity contribution >= 4 is 5.91 Å². The summed E-state index contributed by atoms with van der Waals surface area (Å²) in [6.07, 6.45) is 6.67. The van der Waals surface area contributed by atoms with Gasteiger partial charge in [-0.05, 0) is 18.8 Å². The summed E-state index contributed by atoms with van der Waals surface area (Å²) >= 11 is 0. The standard InChI is InChI=1S/C14H24N2O3/c15-12(11-4-2-1-3-5-11)13(17)16-7-6-14(10-16)18-8-9-19-14/h11-12H,1-10,15H2. The number of hydrogen-bond donors (Lipinski definition) is 1. The zero-order valence-electron chi connectivity index (χ0n) is 11.5. The molecule has 1 aliphatic carbocycles. The van der Waals surface area contributed by atoms with Gasteiger partial charge in [-0.15, -0.1) is 0 Å². The van der Waals surface area contributed by atoms with Crippen LogP contribution >= 0.6 is 0 Å². The van der Waals surface area contributed by atoms with E-state index in [1.54, 1.807) is 0 Å². The molecule has 1 spiro atoms. The molecule has 0 aromatic carbocycles. The van der Waals surface area contributed by atoms with Crippen LogP contribution in [0, 0.1) is 5.92 Å². The third-order valence-corrected chi connectivity index (χ3v) is 4.76. The Labute approximate surface area is 114 Å². The summed E-state index contributed by atoms with van der Waals surface area (Å²) in [7, 11) is 0. The second-order valence-corrected chi connectivity index (χ2v) is 6.04. The Morgan fingerprint density at radius 3 is 2.58 bits per heavy atom. The minimum Gasteiger partial charge on any atom is -0.346 e. The molecule has 3 fully saturated rings. The van der Waals surface area contributed by atoms with Gasteiger partial charge in [-0.2, -0.15) is 0 Å². The van der Waals surface area contributed by atoms with Gasteiger partial charge < -0.3 is 20.1 Å². The van der Waals surface area contributed by atoms with Gasteiger partial charge in [0.2, 0.25) is 5.91 Å². The molecule has 3 rings (SSSR count). The van der Waals surface area contributed by atoms with Crippen molar-refractivity contribution in [1.82, 2.24) is 4.90 Å². The van der Waals surface area contributed by atoms with Crippen molar-refractivity contribution < 1.29 is 14.3 Å². The molecule has 2 saturated heterocycles. The summed E-state index contributed by atoms with van der Waals surface area (Å²) in [6.45, 7) is 2.53. The number of carbonyl (C=O) groups excluding carboxylic acids is 1. The molecule has 2 N–H and O–H groups in total. The molecule has 19 heavy (non-hydrogen) atoms. The highest BCUT2D eigenvalue weighted by Crippen LogP contribution is 2.32. The molecule has 5 heteroatoms. The van der Waals surface area contributed by atoms with Gasteiger partial charge in [-0.1, -0.05) is 19.3 Å². The highest BCUT2D eigenvalue weighted by atomic mass is 16.7. The number of ether oxygens (including phenoxy) is 2. The van der Waals surface area contributed by atoms with Crippen molar-refractivity contribution in [3.8, 4) is 0 Å². The molecular weight excluding hydrogens is 244 g/mol. The lowest BCUT2D eigenvalue weighted by atomic mass is 9.84. The van der Waals surface area contributed by atoms with E-state index in [2.05, 4.69) is 0 Å². The van der Waals surface area contributed by atoms with Gasteiger partial charge in [0.05, 0.1) is 25.8 Å². The highest BCUT2D eigenvalue weighted by Gasteiger charge is 2.46. The molecule has 0 bridgehead atoms. The largest absolute Gasteiger partial charge is 0.346 e. The van der Waals surface area contributed by atoms with Crippen LogP contribution in [0.4, 0.5) is 0 Å². The molecule has 0 aromatic rings. The second kappa shape index (κ2) is 5.38. The number of hydrogen-bond acceptors (Lipinski definition) is 4. The van der Waals surface area contributed by atoms with Gasteiger partial charge in [0.15, 0.2) is 5.79 Å². The van der Waals surface area contributed by atoms with E-state index >= 15 is 0 Å². The van der Waals surface area contributed by atoms with E-state index in [0.29, 0.717) is 32.2 Å². The third-order valence-electron chi connectivity index (χ3n) is 4.76.